The topological polar surface area (TPSA) is 81.9 Å². The minimum atomic E-state index is -2.94. The molecular weight excluding hydrogens is 468 g/mol. The highest BCUT2D eigenvalue weighted by Gasteiger charge is 2.15. The van der Waals surface area contributed by atoms with Gasteiger partial charge in [0.2, 0.25) is 5.91 Å². The molecule has 0 aliphatic rings. The summed E-state index contributed by atoms with van der Waals surface area (Å²) in [7, 11) is 0. The van der Waals surface area contributed by atoms with E-state index in [2.05, 4.69) is 25.2 Å². The van der Waals surface area contributed by atoms with Gasteiger partial charge in [0.05, 0.1) is 11.4 Å². The van der Waals surface area contributed by atoms with Gasteiger partial charge in [-0.25, -0.2) is 4.98 Å². The van der Waals surface area contributed by atoms with E-state index in [1.54, 1.807) is 29.9 Å². The van der Waals surface area contributed by atoms with Crippen molar-refractivity contribution in [2.24, 2.45) is 0 Å². The lowest BCUT2D eigenvalue weighted by Crippen LogP contribution is -2.14. The first-order chi connectivity index (χ1) is 15.9. The third kappa shape index (κ3) is 5.55. The van der Waals surface area contributed by atoms with Crippen LogP contribution in [0.3, 0.4) is 0 Å². The zero-order valence-corrected chi connectivity index (χ0v) is 19.3. The highest BCUT2D eigenvalue weighted by molar-refractivity contribution is 7.99. The summed E-state index contributed by atoms with van der Waals surface area (Å²) in [5.41, 5.74) is 4.11. The predicted octanol–water partition coefficient (Wildman–Crippen LogP) is 5.34. The second-order valence-corrected chi connectivity index (χ2v) is 8.80. The quantitative estimate of drug-likeness (QED) is 0.338. The molecule has 4 rings (SSSR count). The first-order valence-electron chi connectivity index (χ1n) is 9.81. The molecule has 0 radical (unpaired) electrons. The molecule has 2 aromatic carbocycles. The fourth-order valence-electron chi connectivity index (χ4n) is 2.99. The molecule has 0 aliphatic carbocycles. The number of hydrogen-bond acceptors (Lipinski definition) is 7. The average Bonchev–Trinajstić information content (AvgIpc) is 3.44. The normalized spacial score (nSPS) is 11.1. The van der Waals surface area contributed by atoms with Crippen LogP contribution in [0.15, 0.2) is 59.3 Å². The highest BCUT2D eigenvalue weighted by Crippen LogP contribution is 2.33. The maximum atomic E-state index is 12.7. The molecule has 33 heavy (non-hydrogen) atoms. The molecule has 0 aliphatic heterocycles. The van der Waals surface area contributed by atoms with Gasteiger partial charge < -0.3 is 10.1 Å². The van der Waals surface area contributed by atoms with E-state index >= 15 is 0 Å². The van der Waals surface area contributed by atoms with Crippen LogP contribution >= 0.6 is 23.1 Å². The molecule has 0 bridgehead atoms. The maximum absolute atomic E-state index is 12.7. The number of carbonyl (C=O) groups excluding carboxylic acids is 1. The summed E-state index contributed by atoms with van der Waals surface area (Å²) < 4.78 is 31.7. The van der Waals surface area contributed by atoms with Crippen LogP contribution in [0, 0.1) is 13.8 Å². The first kappa shape index (κ1) is 22.9. The molecule has 0 unspecified atom stereocenters. The van der Waals surface area contributed by atoms with Crippen LogP contribution < -0.4 is 10.1 Å². The molecule has 1 amide bonds. The third-order valence-corrected chi connectivity index (χ3v) is 6.45. The Hall–Kier alpha value is -3.31. The number of nitrogens with zero attached hydrogens (tertiary/aromatic N) is 4. The summed E-state index contributed by atoms with van der Waals surface area (Å²) in [6.45, 7) is 1.13. The molecule has 0 fully saturated rings. The minimum absolute atomic E-state index is 0.0249. The minimum Gasteiger partial charge on any atom is -0.434 e. The van der Waals surface area contributed by atoms with Gasteiger partial charge in [-0.1, -0.05) is 30.0 Å². The smallest absolute Gasteiger partial charge is 0.387 e. The molecule has 0 spiro atoms. The maximum Gasteiger partial charge on any atom is 0.387 e. The van der Waals surface area contributed by atoms with Crippen molar-refractivity contribution >= 4 is 34.1 Å². The lowest BCUT2D eigenvalue weighted by molar-refractivity contribution is -0.113. The van der Waals surface area contributed by atoms with E-state index < -0.39 is 6.61 Å². The standard InChI is InChI=1S/C22H19F2N5O2S2/c1-13-7-8-15(9-14(13)2)29-12-25-28-22(29)33-11-19(30)27-21-26-17(10-32-21)16-5-3-4-6-18(16)31-20(23)24/h3-10,12,20H,11H2,1-2H3,(H,26,27,30). The van der Waals surface area contributed by atoms with E-state index in [9.17, 15) is 13.6 Å². The molecule has 4 aromatic rings. The number of anilines is 1. The largest absolute Gasteiger partial charge is 0.434 e. The molecule has 0 atom stereocenters. The monoisotopic (exact) mass is 487 g/mol. The SMILES string of the molecule is Cc1ccc(-n2cnnc2SCC(=O)Nc2nc(-c3ccccc3OC(F)F)cs2)cc1C. The van der Waals surface area contributed by atoms with Crippen LogP contribution in [0.1, 0.15) is 11.1 Å². The van der Waals surface area contributed by atoms with Gasteiger partial charge in [0.15, 0.2) is 10.3 Å². The predicted molar refractivity (Wildman–Crippen MR) is 124 cm³/mol. The Balaban J connectivity index is 1.40. The number of para-hydroxylation sites is 1. The Labute approximate surface area is 196 Å². The Kier molecular flexibility index (Phi) is 6.99. The number of halogens is 2. The van der Waals surface area contributed by atoms with Crippen LogP contribution in [0.25, 0.3) is 16.9 Å². The van der Waals surface area contributed by atoms with E-state index in [0.717, 1.165) is 11.3 Å². The van der Waals surface area contributed by atoms with Gasteiger partial charge in [0.1, 0.15) is 12.1 Å². The molecule has 2 heterocycles. The first-order valence-corrected chi connectivity index (χ1v) is 11.7. The van der Waals surface area contributed by atoms with Crippen molar-refractivity contribution < 1.29 is 18.3 Å². The zero-order chi connectivity index (χ0) is 23.4. The number of nitrogens with one attached hydrogen (secondary N) is 1. The lowest BCUT2D eigenvalue weighted by Gasteiger charge is -2.09. The molecule has 170 valence electrons. The second-order valence-electron chi connectivity index (χ2n) is 7.00. The number of carbonyl (C=O) groups is 1. The Morgan fingerprint density at radius 3 is 2.82 bits per heavy atom. The number of thiazole rings is 1. The fraction of sp³-hybridized carbons (Fsp3) is 0.182. The molecule has 11 heteroatoms. The van der Waals surface area contributed by atoms with Crippen molar-refractivity contribution in [1.29, 1.82) is 0 Å². The van der Waals surface area contributed by atoms with Crippen molar-refractivity contribution in [2.45, 2.75) is 25.6 Å². The van der Waals surface area contributed by atoms with Crippen molar-refractivity contribution in [3.8, 4) is 22.7 Å². The summed E-state index contributed by atoms with van der Waals surface area (Å²) in [5.74, 6) is -0.145. The summed E-state index contributed by atoms with van der Waals surface area (Å²) in [6, 6.07) is 12.4. The van der Waals surface area contributed by atoms with E-state index in [4.69, 9.17) is 0 Å². The van der Waals surface area contributed by atoms with Crippen LogP contribution in [-0.2, 0) is 4.79 Å². The summed E-state index contributed by atoms with van der Waals surface area (Å²) in [5, 5.41) is 13.4. The van der Waals surface area contributed by atoms with Gasteiger partial charge in [-0.15, -0.1) is 21.5 Å². The van der Waals surface area contributed by atoms with E-state index in [1.165, 1.54) is 34.7 Å². The second kappa shape index (κ2) is 10.1. The molecule has 0 saturated carbocycles. The number of thioether (sulfide) groups is 1. The molecular formula is C22H19F2N5O2S2. The van der Waals surface area contributed by atoms with Gasteiger partial charge >= 0.3 is 6.61 Å². The number of aromatic nitrogens is 4. The number of ether oxygens (including phenoxy) is 1. The number of aryl methyl sites for hydroxylation is 2. The molecule has 0 saturated heterocycles. The van der Waals surface area contributed by atoms with Crippen molar-refractivity contribution in [2.75, 3.05) is 11.1 Å². The number of benzene rings is 2. The van der Waals surface area contributed by atoms with Crippen LogP contribution in [0.5, 0.6) is 5.75 Å². The van der Waals surface area contributed by atoms with Crippen LogP contribution in [0.2, 0.25) is 0 Å². The number of rotatable bonds is 8. The molecule has 1 N–H and O–H groups in total. The van der Waals surface area contributed by atoms with Crippen LogP contribution in [-0.4, -0.2) is 38.0 Å². The van der Waals surface area contributed by atoms with Gasteiger partial charge in [0.25, 0.3) is 0 Å². The Morgan fingerprint density at radius 1 is 1.21 bits per heavy atom. The zero-order valence-electron chi connectivity index (χ0n) is 17.7. The number of alkyl halides is 2. The van der Waals surface area contributed by atoms with E-state index in [1.807, 2.05) is 36.6 Å². The highest BCUT2D eigenvalue weighted by atomic mass is 32.2. The summed E-state index contributed by atoms with van der Waals surface area (Å²) in [4.78, 5) is 16.8. The van der Waals surface area contributed by atoms with Gasteiger partial charge in [-0.2, -0.15) is 8.78 Å². The summed E-state index contributed by atoms with van der Waals surface area (Å²) in [6.07, 6.45) is 1.61. The average molecular weight is 488 g/mol. The summed E-state index contributed by atoms with van der Waals surface area (Å²) >= 11 is 2.45. The number of amides is 1. The van der Waals surface area contributed by atoms with Crippen molar-refractivity contribution in [1.82, 2.24) is 19.7 Å². The Bertz CT molecular complexity index is 1280. The van der Waals surface area contributed by atoms with Gasteiger partial charge in [0, 0.05) is 16.6 Å². The Morgan fingerprint density at radius 2 is 2.03 bits per heavy atom. The van der Waals surface area contributed by atoms with Gasteiger partial charge in [-0.05, 0) is 49.2 Å². The lowest BCUT2D eigenvalue weighted by atomic mass is 10.1. The van der Waals surface area contributed by atoms with Crippen molar-refractivity contribution in [3.05, 3.63) is 65.3 Å². The third-order valence-electron chi connectivity index (χ3n) is 4.75. The molecule has 7 nitrogen and oxygen atoms in total. The van der Waals surface area contributed by atoms with E-state index in [0.29, 0.717) is 21.5 Å². The number of hydrogen-bond donors (Lipinski definition) is 1. The van der Waals surface area contributed by atoms with E-state index in [-0.39, 0.29) is 17.4 Å². The van der Waals surface area contributed by atoms with Crippen LogP contribution in [0.4, 0.5) is 13.9 Å². The molecule has 2 aromatic heterocycles. The van der Waals surface area contributed by atoms with Crippen molar-refractivity contribution in [3.63, 3.8) is 0 Å². The van der Waals surface area contributed by atoms with Gasteiger partial charge in [-0.3, -0.25) is 9.36 Å². The fourth-order valence-corrected chi connectivity index (χ4v) is 4.45.